The number of likely N-dealkylation sites (N-methyl/N-ethyl adjacent to an activating group) is 1. The number of ether oxygens (including phenoxy) is 1. The molecule has 0 radical (unpaired) electrons. The minimum atomic E-state index is -0.101. The maximum Gasteiger partial charge on any atom is 0.246 e. The number of carbonyl (C=O) groups excluding carboxylic acids is 1. The summed E-state index contributed by atoms with van der Waals surface area (Å²) < 4.78 is 11.7. The summed E-state index contributed by atoms with van der Waals surface area (Å²) in [5, 5.41) is 0. The van der Waals surface area contributed by atoms with E-state index in [1.165, 1.54) is 6.08 Å². The highest BCUT2D eigenvalue weighted by molar-refractivity contribution is 9.10. The standard InChI is InChI=1S/C17H18BrNO3/c1-12-4-7-15(22-12)11-19(2)17(20)9-5-13-10-14(18)6-8-16(13)21-3/h4-10H,11H2,1-3H3/b9-5+. The number of rotatable bonds is 5. The van der Waals surface area contributed by atoms with E-state index in [0.717, 1.165) is 27.3 Å². The number of methoxy groups -OCH3 is 1. The van der Waals surface area contributed by atoms with Gasteiger partial charge >= 0.3 is 0 Å². The quantitative estimate of drug-likeness (QED) is 0.753. The van der Waals surface area contributed by atoms with Crippen LogP contribution in [0.5, 0.6) is 5.75 Å². The molecule has 0 spiro atoms. The van der Waals surface area contributed by atoms with Gasteiger partial charge in [-0.25, -0.2) is 0 Å². The number of hydrogen-bond donors (Lipinski definition) is 0. The first-order valence-electron chi connectivity index (χ1n) is 6.81. The molecular weight excluding hydrogens is 346 g/mol. The van der Waals surface area contributed by atoms with Crippen LogP contribution >= 0.6 is 15.9 Å². The van der Waals surface area contributed by atoms with Crippen LogP contribution in [0.3, 0.4) is 0 Å². The summed E-state index contributed by atoms with van der Waals surface area (Å²) in [5.41, 5.74) is 0.840. The summed E-state index contributed by atoms with van der Waals surface area (Å²) in [7, 11) is 3.34. The molecule has 0 bridgehead atoms. The lowest BCUT2D eigenvalue weighted by atomic mass is 10.2. The molecule has 4 nitrogen and oxygen atoms in total. The monoisotopic (exact) mass is 363 g/mol. The number of carbonyl (C=O) groups is 1. The van der Waals surface area contributed by atoms with Crippen molar-refractivity contribution < 1.29 is 13.9 Å². The van der Waals surface area contributed by atoms with Crippen molar-refractivity contribution in [3.63, 3.8) is 0 Å². The lowest BCUT2D eigenvalue weighted by Crippen LogP contribution is -2.23. The first-order valence-corrected chi connectivity index (χ1v) is 7.61. The lowest BCUT2D eigenvalue weighted by molar-refractivity contribution is -0.125. The van der Waals surface area contributed by atoms with E-state index < -0.39 is 0 Å². The number of amides is 1. The third kappa shape index (κ3) is 4.24. The van der Waals surface area contributed by atoms with Crippen molar-refractivity contribution in [3.8, 4) is 5.75 Å². The van der Waals surface area contributed by atoms with Gasteiger partial charge in [-0.3, -0.25) is 4.79 Å². The third-order valence-corrected chi connectivity index (χ3v) is 3.66. The summed E-state index contributed by atoms with van der Waals surface area (Å²) in [6.07, 6.45) is 3.27. The van der Waals surface area contributed by atoms with Gasteiger partial charge in [-0.2, -0.15) is 0 Å². The van der Waals surface area contributed by atoms with E-state index in [2.05, 4.69) is 15.9 Å². The number of aryl methyl sites for hydroxylation is 1. The van der Waals surface area contributed by atoms with E-state index in [1.807, 2.05) is 37.3 Å². The van der Waals surface area contributed by atoms with Gasteiger partial charge in [0, 0.05) is 23.2 Å². The molecule has 0 aliphatic carbocycles. The van der Waals surface area contributed by atoms with Crippen LogP contribution in [0, 0.1) is 6.92 Å². The maximum atomic E-state index is 12.2. The molecule has 0 atom stereocenters. The molecule has 0 fully saturated rings. The molecule has 2 rings (SSSR count). The van der Waals surface area contributed by atoms with Gasteiger partial charge in [0.25, 0.3) is 0 Å². The molecule has 1 heterocycles. The van der Waals surface area contributed by atoms with Gasteiger partial charge in [0.15, 0.2) is 0 Å². The van der Waals surface area contributed by atoms with Crippen molar-refractivity contribution in [3.05, 3.63) is 58.0 Å². The molecule has 0 unspecified atom stereocenters. The van der Waals surface area contributed by atoms with Crippen LogP contribution in [0.4, 0.5) is 0 Å². The van der Waals surface area contributed by atoms with Crippen LogP contribution in [0.2, 0.25) is 0 Å². The first-order chi connectivity index (χ1) is 10.5. The zero-order chi connectivity index (χ0) is 16.1. The Balaban J connectivity index is 2.06. The Hall–Kier alpha value is -2.01. The molecule has 0 saturated carbocycles. The highest BCUT2D eigenvalue weighted by atomic mass is 79.9. The van der Waals surface area contributed by atoms with Crippen LogP contribution < -0.4 is 4.74 Å². The molecule has 0 aliphatic rings. The number of benzene rings is 1. The van der Waals surface area contributed by atoms with Crippen molar-refractivity contribution in [2.75, 3.05) is 14.2 Å². The number of furan rings is 1. The molecular formula is C17H18BrNO3. The predicted molar refractivity (Wildman–Crippen MR) is 89.6 cm³/mol. The minimum Gasteiger partial charge on any atom is -0.496 e. The largest absolute Gasteiger partial charge is 0.496 e. The second-order valence-corrected chi connectivity index (χ2v) is 5.84. The van der Waals surface area contributed by atoms with Gasteiger partial charge in [-0.05, 0) is 43.3 Å². The Morgan fingerprint density at radius 3 is 2.77 bits per heavy atom. The van der Waals surface area contributed by atoms with Crippen molar-refractivity contribution in [1.82, 2.24) is 4.90 Å². The average Bonchev–Trinajstić information content (AvgIpc) is 2.90. The topological polar surface area (TPSA) is 42.7 Å². The molecule has 0 N–H and O–H groups in total. The average molecular weight is 364 g/mol. The van der Waals surface area contributed by atoms with Crippen LogP contribution in [-0.2, 0) is 11.3 Å². The molecule has 22 heavy (non-hydrogen) atoms. The molecule has 5 heteroatoms. The molecule has 116 valence electrons. The van der Waals surface area contributed by atoms with Crippen molar-refractivity contribution in [2.45, 2.75) is 13.5 Å². The second kappa shape index (κ2) is 7.31. The van der Waals surface area contributed by atoms with Crippen LogP contribution in [0.25, 0.3) is 6.08 Å². The van der Waals surface area contributed by atoms with Gasteiger partial charge in [0.1, 0.15) is 17.3 Å². The van der Waals surface area contributed by atoms with Crippen molar-refractivity contribution in [2.24, 2.45) is 0 Å². The Morgan fingerprint density at radius 2 is 2.14 bits per heavy atom. The molecule has 0 saturated heterocycles. The fraction of sp³-hybridized carbons (Fsp3) is 0.235. The highest BCUT2D eigenvalue weighted by Crippen LogP contribution is 2.24. The molecule has 1 aromatic carbocycles. The number of nitrogens with zero attached hydrogens (tertiary/aromatic N) is 1. The van der Waals surface area contributed by atoms with Crippen molar-refractivity contribution in [1.29, 1.82) is 0 Å². The SMILES string of the molecule is COc1ccc(Br)cc1/C=C/C(=O)N(C)Cc1ccc(C)o1. The minimum absolute atomic E-state index is 0.101. The molecule has 1 aromatic heterocycles. The normalized spacial score (nSPS) is 10.9. The van der Waals surface area contributed by atoms with E-state index in [0.29, 0.717) is 6.54 Å². The maximum absolute atomic E-state index is 12.2. The fourth-order valence-corrected chi connectivity index (χ4v) is 2.38. The second-order valence-electron chi connectivity index (χ2n) is 4.93. The van der Waals surface area contributed by atoms with E-state index >= 15 is 0 Å². The first kappa shape index (κ1) is 16.4. The molecule has 0 aliphatic heterocycles. The number of hydrogen-bond acceptors (Lipinski definition) is 3. The predicted octanol–water partition coefficient (Wildman–Crippen LogP) is 4.03. The van der Waals surface area contributed by atoms with Crippen molar-refractivity contribution >= 4 is 27.9 Å². The Morgan fingerprint density at radius 1 is 1.36 bits per heavy atom. The third-order valence-electron chi connectivity index (χ3n) is 3.16. The summed E-state index contributed by atoms with van der Waals surface area (Å²) >= 11 is 3.41. The van der Waals surface area contributed by atoms with Gasteiger partial charge in [0.2, 0.25) is 5.91 Å². The number of halogens is 1. The van der Waals surface area contributed by atoms with Gasteiger partial charge < -0.3 is 14.1 Å². The van der Waals surface area contributed by atoms with Crippen LogP contribution in [-0.4, -0.2) is 25.0 Å². The highest BCUT2D eigenvalue weighted by Gasteiger charge is 2.09. The van der Waals surface area contributed by atoms with Gasteiger partial charge in [0.05, 0.1) is 13.7 Å². The summed E-state index contributed by atoms with van der Waals surface area (Å²) in [4.78, 5) is 13.8. The van der Waals surface area contributed by atoms with E-state index in [1.54, 1.807) is 25.1 Å². The summed E-state index contributed by atoms with van der Waals surface area (Å²) in [6.45, 7) is 2.32. The summed E-state index contributed by atoms with van der Waals surface area (Å²) in [5.74, 6) is 2.22. The molecule has 1 amide bonds. The Bertz CT molecular complexity index is 691. The van der Waals surface area contributed by atoms with E-state index in [4.69, 9.17) is 9.15 Å². The summed E-state index contributed by atoms with van der Waals surface area (Å²) in [6, 6.07) is 9.40. The van der Waals surface area contributed by atoms with Crippen LogP contribution in [0.15, 0.2) is 45.3 Å². The van der Waals surface area contributed by atoms with Crippen LogP contribution in [0.1, 0.15) is 17.1 Å². The zero-order valence-electron chi connectivity index (χ0n) is 12.8. The van der Waals surface area contributed by atoms with E-state index in [-0.39, 0.29) is 5.91 Å². The zero-order valence-corrected chi connectivity index (χ0v) is 14.4. The van der Waals surface area contributed by atoms with Gasteiger partial charge in [-0.15, -0.1) is 0 Å². The van der Waals surface area contributed by atoms with Gasteiger partial charge in [-0.1, -0.05) is 15.9 Å². The Labute approximate surface area is 138 Å². The van der Waals surface area contributed by atoms with E-state index in [9.17, 15) is 4.79 Å². The Kier molecular flexibility index (Phi) is 5.44. The lowest BCUT2D eigenvalue weighted by Gasteiger charge is -2.13. The smallest absolute Gasteiger partial charge is 0.246 e. The fourth-order valence-electron chi connectivity index (χ4n) is 2.01. The molecule has 2 aromatic rings.